The molecule has 8 nitrogen and oxygen atoms in total. The van der Waals surface area contributed by atoms with Crippen LogP contribution in [0.25, 0.3) is 17.0 Å². The maximum Gasteiger partial charge on any atom is 0.338 e. The number of fused-ring (bicyclic) bond motifs is 2. The van der Waals surface area contributed by atoms with Crippen molar-refractivity contribution < 1.29 is 19.0 Å². The number of para-hydroxylation sites is 1. The fraction of sp³-hybridized carbons (Fsp3) is 0.222. The predicted octanol–water partition coefficient (Wildman–Crippen LogP) is 3.30. The molecule has 1 N–H and O–H groups in total. The number of nitrogens with zero attached hydrogens (tertiary/aromatic N) is 2. The second-order valence-electron chi connectivity index (χ2n) is 8.20. The van der Waals surface area contributed by atoms with E-state index in [1.54, 1.807) is 50.8 Å². The number of esters is 1. The van der Waals surface area contributed by atoms with Gasteiger partial charge < -0.3 is 19.2 Å². The fourth-order valence-electron chi connectivity index (χ4n) is 4.48. The van der Waals surface area contributed by atoms with Gasteiger partial charge in [0.15, 0.2) is 4.80 Å². The molecule has 184 valence electrons. The number of rotatable bonds is 6. The summed E-state index contributed by atoms with van der Waals surface area (Å²) in [5.74, 6) is 0.565. The van der Waals surface area contributed by atoms with Crippen molar-refractivity contribution >= 4 is 34.3 Å². The first kappa shape index (κ1) is 23.6. The van der Waals surface area contributed by atoms with Crippen molar-refractivity contribution in [2.75, 3.05) is 20.8 Å². The second kappa shape index (κ2) is 9.50. The van der Waals surface area contributed by atoms with E-state index < -0.39 is 12.0 Å². The largest absolute Gasteiger partial charge is 0.497 e. The van der Waals surface area contributed by atoms with Gasteiger partial charge in [0.2, 0.25) is 0 Å². The quantitative estimate of drug-likeness (QED) is 0.408. The molecular formula is C27H25N3O5S. The van der Waals surface area contributed by atoms with Crippen LogP contribution >= 0.6 is 11.3 Å². The van der Waals surface area contributed by atoms with E-state index in [0.29, 0.717) is 37.7 Å². The summed E-state index contributed by atoms with van der Waals surface area (Å²) in [4.78, 5) is 35.3. The average Bonchev–Trinajstić information content (AvgIpc) is 3.43. The van der Waals surface area contributed by atoms with Gasteiger partial charge in [0.25, 0.3) is 5.56 Å². The molecule has 2 aromatic heterocycles. The Bertz CT molecular complexity index is 1690. The third kappa shape index (κ3) is 3.91. The van der Waals surface area contributed by atoms with Gasteiger partial charge in [0.1, 0.15) is 17.5 Å². The number of benzene rings is 2. The highest BCUT2D eigenvalue weighted by Crippen LogP contribution is 2.37. The number of hydrogen-bond acceptors (Lipinski definition) is 7. The molecule has 0 bridgehead atoms. The Morgan fingerprint density at radius 3 is 2.75 bits per heavy atom. The molecule has 0 fully saturated rings. The zero-order chi connectivity index (χ0) is 25.4. The summed E-state index contributed by atoms with van der Waals surface area (Å²) in [5, 5.41) is 1.01. The zero-order valence-corrected chi connectivity index (χ0v) is 21.1. The fourth-order valence-corrected chi connectivity index (χ4v) is 5.52. The summed E-state index contributed by atoms with van der Waals surface area (Å²) in [7, 11) is 3.11. The van der Waals surface area contributed by atoms with Crippen molar-refractivity contribution in [3.05, 3.63) is 90.7 Å². The lowest BCUT2D eigenvalue weighted by atomic mass is 9.95. The number of aromatic amines is 1. The van der Waals surface area contributed by atoms with E-state index in [1.807, 2.05) is 36.5 Å². The summed E-state index contributed by atoms with van der Waals surface area (Å²) >= 11 is 1.28. The molecule has 2 aromatic carbocycles. The number of nitrogens with one attached hydrogen (secondary N) is 1. The molecule has 4 aromatic rings. The van der Waals surface area contributed by atoms with Gasteiger partial charge in [-0.1, -0.05) is 29.5 Å². The van der Waals surface area contributed by atoms with E-state index in [0.717, 1.165) is 16.5 Å². The number of aromatic nitrogens is 2. The van der Waals surface area contributed by atoms with Gasteiger partial charge in [-0.2, -0.15) is 0 Å². The van der Waals surface area contributed by atoms with Crippen molar-refractivity contribution in [3.63, 3.8) is 0 Å². The monoisotopic (exact) mass is 503 g/mol. The van der Waals surface area contributed by atoms with Crippen LogP contribution in [0.1, 0.15) is 31.0 Å². The molecule has 0 spiro atoms. The Labute approximate surface area is 210 Å². The summed E-state index contributed by atoms with van der Waals surface area (Å²) in [6.07, 6.45) is 3.73. The van der Waals surface area contributed by atoms with Crippen molar-refractivity contribution in [1.82, 2.24) is 9.55 Å². The Hall–Kier alpha value is -4.11. The predicted molar refractivity (Wildman–Crippen MR) is 138 cm³/mol. The molecule has 36 heavy (non-hydrogen) atoms. The standard InChI is InChI=1S/C27H25N3O5S/c1-5-35-26(32)23-15(2)29-27-30(24(23)19-11-10-17(33-3)13-21(19)34-4)25(31)22(36-27)12-16-14-28-20-9-7-6-8-18(16)20/h6-14,24,28H,5H2,1-4H3/b22-12+/t24-/m0/s1. The van der Waals surface area contributed by atoms with E-state index in [4.69, 9.17) is 14.2 Å². The lowest BCUT2D eigenvalue weighted by Gasteiger charge is -2.26. The number of H-pyrrole nitrogens is 1. The third-order valence-electron chi connectivity index (χ3n) is 6.16. The SMILES string of the molecule is CCOC(=O)C1=C(C)N=c2s/c(=C/c3c[nH]c4ccccc34)c(=O)n2[C@H]1c1ccc(OC)cc1OC. The van der Waals surface area contributed by atoms with Crippen molar-refractivity contribution in [3.8, 4) is 11.5 Å². The molecule has 1 aliphatic rings. The van der Waals surface area contributed by atoms with E-state index >= 15 is 0 Å². The van der Waals surface area contributed by atoms with Gasteiger partial charge in [-0.3, -0.25) is 9.36 Å². The lowest BCUT2D eigenvalue weighted by molar-refractivity contribution is -0.139. The van der Waals surface area contributed by atoms with Crippen molar-refractivity contribution in [1.29, 1.82) is 0 Å². The highest BCUT2D eigenvalue weighted by Gasteiger charge is 2.35. The first-order chi connectivity index (χ1) is 17.5. The molecule has 0 saturated heterocycles. The van der Waals surface area contributed by atoms with Gasteiger partial charge in [-0.25, -0.2) is 9.79 Å². The molecule has 0 radical (unpaired) electrons. The van der Waals surface area contributed by atoms with Crippen LogP contribution in [0, 0.1) is 0 Å². The van der Waals surface area contributed by atoms with Crippen LogP contribution in [0.4, 0.5) is 0 Å². The molecule has 1 aliphatic heterocycles. The van der Waals surface area contributed by atoms with E-state index in [2.05, 4.69) is 9.98 Å². The van der Waals surface area contributed by atoms with Crippen molar-refractivity contribution in [2.24, 2.45) is 4.99 Å². The minimum absolute atomic E-state index is 0.201. The summed E-state index contributed by atoms with van der Waals surface area (Å²) in [6, 6.07) is 12.4. The van der Waals surface area contributed by atoms with Crippen LogP contribution < -0.4 is 24.4 Å². The number of hydrogen-bond donors (Lipinski definition) is 1. The number of ether oxygens (including phenoxy) is 3. The van der Waals surface area contributed by atoms with Gasteiger partial charge in [0.05, 0.1) is 36.6 Å². The topological polar surface area (TPSA) is 94.9 Å². The Morgan fingerprint density at radius 1 is 1.19 bits per heavy atom. The number of methoxy groups -OCH3 is 2. The van der Waals surface area contributed by atoms with Gasteiger partial charge in [-0.05, 0) is 38.1 Å². The average molecular weight is 504 g/mol. The Morgan fingerprint density at radius 2 is 2.00 bits per heavy atom. The zero-order valence-electron chi connectivity index (χ0n) is 20.3. The van der Waals surface area contributed by atoms with Gasteiger partial charge in [0, 0.05) is 34.3 Å². The number of allylic oxidation sites excluding steroid dienone is 1. The van der Waals surface area contributed by atoms with Gasteiger partial charge >= 0.3 is 5.97 Å². The molecule has 5 rings (SSSR count). The first-order valence-corrected chi connectivity index (χ1v) is 12.3. The summed E-state index contributed by atoms with van der Waals surface area (Å²) in [5.41, 5.74) is 3.06. The molecule has 0 unspecified atom stereocenters. The molecule has 0 amide bonds. The van der Waals surface area contributed by atoms with E-state index in [9.17, 15) is 9.59 Å². The smallest absolute Gasteiger partial charge is 0.338 e. The number of thiazole rings is 1. The normalized spacial score (nSPS) is 15.6. The second-order valence-corrected chi connectivity index (χ2v) is 9.21. The number of carbonyl (C=O) groups excluding carboxylic acids is 1. The van der Waals surface area contributed by atoms with Crippen LogP contribution in [-0.2, 0) is 9.53 Å². The Kier molecular flexibility index (Phi) is 6.24. The van der Waals surface area contributed by atoms with Crippen LogP contribution in [0.2, 0.25) is 0 Å². The van der Waals surface area contributed by atoms with Crippen LogP contribution in [0.15, 0.2) is 69.7 Å². The molecular weight excluding hydrogens is 478 g/mol. The maximum atomic E-state index is 13.8. The summed E-state index contributed by atoms with van der Waals surface area (Å²) in [6.45, 7) is 3.70. The van der Waals surface area contributed by atoms with E-state index in [1.165, 1.54) is 11.3 Å². The van der Waals surface area contributed by atoms with E-state index in [-0.39, 0.29) is 12.2 Å². The lowest BCUT2D eigenvalue weighted by Crippen LogP contribution is -2.40. The highest BCUT2D eigenvalue weighted by atomic mass is 32.1. The van der Waals surface area contributed by atoms with Crippen LogP contribution in [0.3, 0.4) is 0 Å². The highest BCUT2D eigenvalue weighted by molar-refractivity contribution is 7.07. The number of carbonyl (C=O) groups is 1. The van der Waals surface area contributed by atoms with Crippen LogP contribution in [-0.4, -0.2) is 36.3 Å². The molecule has 3 heterocycles. The summed E-state index contributed by atoms with van der Waals surface area (Å²) < 4.78 is 18.4. The van der Waals surface area contributed by atoms with Crippen LogP contribution in [0.5, 0.6) is 11.5 Å². The molecule has 0 saturated carbocycles. The molecule has 1 atom stereocenters. The first-order valence-electron chi connectivity index (χ1n) is 11.4. The third-order valence-corrected chi connectivity index (χ3v) is 7.14. The molecule has 0 aliphatic carbocycles. The minimum atomic E-state index is -0.772. The Balaban J connectivity index is 1.77. The minimum Gasteiger partial charge on any atom is -0.497 e. The maximum absolute atomic E-state index is 13.8. The van der Waals surface area contributed by atoms with Crippen molar-refractivity contribution in [2.45, 2.75) is 19.9 Å². The van der Waals surface area contributed by atoms with Gasteiger partial charge in [-0.15, -0.1) is 0 Å². The molecule has 9 heteroatoms.